The minimum atomic E-state index is -0.756. The number of nitrogens with one attached hydrogen (secondary N) is 1. The van der Waals surface area contributed by atoms with Crippen molar-refractivity contribution in [2.45, 2.75) is 38.1 Å². The van der Waals surface area contributed by atoms with E-state index >= 15 is 0 Å². The lowest BCUT2D eigenvalue weighted by Crippen LogP contribution is -2.31. The van der Waals surface area contributed by atoms with Gasteiger partial charge in [0, 0.05) is 35.7 Å². The van der Waals surface area contributed by atoms with Crippen LogP contribution < -0.4 is 5.32 Å². The molecule has 2 atom stereocenters. The maximum atomic E-state index is 12.5. The average molecular weight is 331 g/mol. The van der Waals surface area contributed by atoms with Crippen molar-refractivity contribution in [2.75, 3.05) is 18.4 Å². The van der Waals surface area contributed by atoms with Crippen molar-refractivity contribution >= 4 is 17.5 Å². The third kappa shape index (κ3) is 3.72. The molecule has 2 amide bonds. The van der Waals surface area contributed by atoms with E-state index in [4.69, 9.17) is 0 Å². The van der Waals surface area contributed by atoms with E-state index in [2.05, 4.69) is 5.32 Å². The highest BCUT2D eigenvalue weighted by Gasteiger charge is 2.53. The fourth-order valence-corrected chi connectivity index (χ4v) is 3.08. The molecule has 1 aromatic carbocycles. The van der Waals surface area contributed by atoms with Gasteiger partial charge in [0.25, 0.3) is 5.91 Å². The van der Waals surface area contributed by atoms with E-state index in [-0.39, 0.29) is 11.8 Å². The summed E-state index contributed by atoms with van der Waals surface area (Å²) in [7, 11) is 0. The predicted molar refractivity (Wildman–Crippen MR) is 88.3 cm³/mol. The number of likely N-dealkylation sites (tertiary alicyclic amines) is 1. The Morgan fingerprint density at radius 2 is 1.71 bits per heavy atom. The molecule has 0 bridgehead atoms. The van der Waals surface area contributed by atoms with Gasteiger partial charge in [-0.2, -0.15) is 0 Å². The molecule has 1 heterocycles. The fraction of sp³-hybridized carbons (Fsp3) is 0.529. The van der Waals surface area contributed by atoms with Gasteiger partial charge in [-0.1, -0.05) is 12.8 Å². The van der Waals surface area contributed by atoms with Gasteiger partial charge in [0.05, 0.1) is 0 Å². The van der Waals surface area contributed by atoms with E-state index in [0.29, 0.717) is 17.7 Å². The molecule has 1 N–H and O–H groups in total. The Labute approximate surface area is 140 Å². The Bertz CT molecular complexity index is 636. The van der Waals surface area contributed by atoms with E-state index in [1.54, 1.807) is 24.3 Å². The van der Waals surface area contributed by atoms with E-state index < -0.39 is 16.9 Å². The summed E-state index contributed by atoms with van der Waals surface area (Å²) in [5.74, 6) is -0.855. The molecule has 24 heavy (non-hydrogen) atoms. The second kappa shape index (κ2) is 6.98. The SMILES string of the molecule is O=C(Nc1ccc(C(=O)N2CCCCCC2)cc1)C1CC1[N+](=O)[O-]. The molecule has 7 nitrogen and oxygen atoms in total. The molecule has 0 radical (unpaired) electrons. The molecular formula is C17H21N3O4. The van der Waals surface area contributed by atoms with Gasteiger partial charge < -0.3 is 10.2 Å². The molecule has 2 aliphatic rings. The first-order chi connectivity index (χ1) is 11.6. The lowest BCUT2D eigenvalue weighted by molar-refractivity contribution is -0.497. The second-order valence-electron chi connectivity index (χ2n) is 6.47. The van der Waals surface area contributed by atoms with Gasteiger partial charge in [-0.25, -0.2) is 0 Å². The van der Waals surface area contributed by atoms with Crippen LogP contribution in [-0.4, -0.2) is 40.8 Å². The van der Waals surface area contributed by atoms with Crippen molar-refractivity contribution in [3.8, 4) is 0 Å². The van der Waals surface area contributed by atoms with Crippen molar-refractivity contribution in [3.63, 3.8) is 0 Å². The van der Waals surface area contributed by atoms with Crippen molar-refractivity contribution in [1.29, 1.82) is 0 Å². The highest BCUT2D eigenvalue weighted by atomic mass is 16.6. The van der Waals surface area contributed by atoms with E-state index in [1.807, 2.05) is 4.90 Å². The summed E-state index contributed by atoms with van der Waals surface area (Å²) in [6, 6.07) is 5.98. The number of hydrogen-bond acceptors (Lipinski definition) is 4. The summed E-state index contributed by atoms with van der Waals surface area (Å²) < 4.78 is 0. The molecule has 1 saturated heterocycles. The summed E-state index contributed by atoms with van der Waals surface area (Å²) >= 11 is 0. The minimum absolute atomic E-state index is 0.0189. The fourth-order valence-electron chi connectivity index (χ4n) is 3.08. The zero-order valence-electron chi connectivity index (χ0n) is 13.4. The van der Waals surface area contributed by atoms with Gasteiger partial charge in [0.1, 0.15) is 5.92 Å². The number of carbonyl (C=O) groups is 2. The van der Waals surface area contributed by atoms with Crippen molar-refractivity contribution < 1.29 is 14.5 Å². The van der Waals surface area contributed by atoms with Crippen molar-refractivity contribution in [3.05, 3.63) is 39.9 Å². The van der Waals surface area contributed by atoms with Crippen LogP contribution in [-0.2, 0) is 4.79 Å². The maximum Gasteiger partial charge on any atom is 0.253 e. The Balaban J connectivity index is 1.58. The summed E-state index contributed by atoms with van der Waals surface area (Å²) in [5, 5.41) is 13.3. The smallest absolute Gasteiger partial charge is 0.253 e. The lowest BCUT2D eigenvalue weighted by atomic mass is 10.1. The summed E-state index contributed by atoms with van der Waals surface area (Å²) in [4.78, 5) is 36.5. The zero-order chi connectivity index (χ0) is 17.1. The standard InChI is InChI=1S/C17H21N3O4/c21-16(14-11-15(14)20(23)24)18-13-7-5-12(6-8-13)17(22)19-9-3-1-2-4-10-19/h5-8,14-15H,1-4,9-11H2,(H,18,21). The van der Waals surface area contributed by atoms with Crippen LogP contribution in [0.15, 0.2) is 24.3 Å². The number of anilines is 1. The Hall–Kier alpha value is -2.44. The van der Waals surface area contributed by atoms with Gasteiger partial charge in [-0.05, 0) is 37.1 Å². The van der Waals surface area contributed by atoms with Crippen LogP contribution in [0, 0.1) is 16.0 Å². The molecule has 2 fully saturated rings. The van der Waals surface area contributed by atoms with E-state index in [9.17, 15) is 19.7 Å². The molecule has 1 aliphatic carbocycles. The first-order valence-electron chi connectivity index (χ1n) is 8.40. The molecule has 128 valence electrons. The first kappa shape index (κ1) is 16.4. The number of carbonyl (C=O) groups excluding carboxylic acids is 2. The molecule has 1 aromatic rings. The Kier molecular flexibility index (Phi) is 4.78. The normalized spacial score (nSPS) is 23.2. The maximum absolute atomic E-state index is 12.5. The molecular weight excluding hydrogens is 310 g/mol. The predicted octanol–water partition coefficient (Wildman–Crippen LogP) is 2.31. The quantitative estimate of drug-likeness (QED) is 0.677. The van der Waals surface area contributed by atoms with Crippen molar-refractivity contribution in [2.24, 2.45) is 5.92 Å². The number of amides is 2. The van der Waals surface area contributed by atoms with Crippen LogP contribution in [0.5, 0.6) is 0 Å². The molecule has 2 unspecified atom stereocenters. The molecule has 0 spiro atoms. The molecule has 3 rings (SSSR count). The topological polar surface area (TPSA) is 92.6 Å². The average Bonchev–Trinajstić information content (AvgIpc) is 3.39. The highest BCUT2D eigenvalue weighted by molar-refractivity contribution is 5.97. The van der Waals surface area contributed by atoms with Crippen LogP contribution in [0.4, 0.5) is 5.69 Å². The first-order valence-corrected chi connectivity index (χ1v) is 8.40. The second-order valence-corrected chi connectivity index (χ2v) is 6.47. The third-order valence-corrected chi connectivity index (χ3v) is 4.66. The molecule has 1 saturated carbocycles. The van der Waals surface area contributed by atoms with Gasteiger partial charge in [-0.3, -0.25) is 19.7 Å². The summed E-state index contributed by atoms with van der Waals surface area (Å²) in [5.41, 5.74) is 1.16. The number of benzene rings is 1. The number of rotatable bonds is 4. The number of hydrogen-bond donors (Lipinski definition) is 1. The van der Waals surface area contributed by atoms with E-state index in [0.717, 1.165) is 25.9 Å². The van der Waals surface area contributed by atoms with Gasteiger partial charge in [-0.15, -0.1) is 0 Å². The van der Waals surface area contributed by atoms with E-state index in [1.165, 1.54) is 12.8 Å². The highest BCUT2D eigenvalue weighted by Crippen LogP contribution is 2.34. The van der Waals surface area contributed by atoms with Crippen LogP contribution in [0.1, 0.15) is 42.5 Å². The summed E-state index contributed by atoms with van der Waals surface area (Å²) in [6.45, 7) is 1.59. The number of nitrogens with zero attached hydrogens (tertiary/aromatic N) is 2. The largest absolute Gasteiger partial charge is 0.339 e. The van der Waals surface area contributed by atoms with Crippen LogP contribution >= 0.6 is 0 Å². The molecule has 7 heteroatoms. The Morgan fingerprint density at radius 3 is 2.25 bits per heavy atom. The van der Waals surface area contributed by atoms with Gasteiger partial charge in [0.2, 0.25) is 11.9 Å². The summed E-state index contributed by atoms with van der Waals surface area (Å²) in [6.07, 6.45) is 4.71. The number of nitro groups is 1. The monoisotopic (exact) mass is 331 g/mol. The zero-order valence-corrected chi connectivity index (χ0v) is 13.4. The van der Waals surface area contributed by atoms with Crippen LogP contribution in [0.3, 0.4) is 0 Å². The van der Waals surface area contributed by atoms with Crippen LogP contribution in [0.25, 0.3) is 0 Å². The third-order valence-electron chi connectivity index (χ3n) is 4.66. The molecule has 1 aliphatic heterocycles. The van der Waals surface area contributed by atoms with Crippen LogP contribution in [0.2, 0.25) is 0 Å². The van der Waals surface area contributed by atoms with Crippen molar-refractivity contribution in [1.82, 2.24) is 4.90 Å². The lowest BCUT2D eigenvalue weighted by Gasteiger charge is -2.20. The van der Waals surface area contributed by atoms with Gasteiger partial charge in [0.15, 0.2) is 0 Å². The van der Waals surface area contributed by atoms with Gasteiger partial charge >= 0.3 is 0 Å². The minimum Gasteiger partial charge on any atom is -0.339 e. The molecule has 0 aromatic heterocycles. The Morgan fingerprint density at radius 1 is 1.08 bits per heavy atom.